The summed E-state index contributed by atoms with van der Waals surface area (Å²) in [5, 5.41) is 9.40. The fourth-order valence-corrected chi connectivity index (χ4v) is 4.60. The van der Waals surface area contributed by atoms with Gasteiger partial charge in [-0.1, -0.05) is 30.4 Å². The number of allylic oxidation sites excluding steroid dienone is 1. The number of hydrogen-bond acceptors (Lipinski definition) is 6. The molecule has 6 nitrogen and oxygen atoms in total. The lowest BCUT2D eigenvalue weighted by molar-refractivity contribution is -0.148. The van der Waals surface area contributed by atoms with Crippen molar-refractivity contribution in [2.75, 3.05) is 6.61 Å². The van der Waals surface area contributed by atoms with Crippen LogP contribution in [0.25, 0.3) is 0 Å². The Bertz CT molecular complexity index is 760. The summed E-state index contributed by atoms with van der Waals surface area (Å²) in [6.45, 7) is 10.2. The molecule has 2 fully saturated rings. The highest BCUT2D eigenvalue weighted by atomic mass is 16.6. The van der Waals surface area contributed by atoms with E-state index >= 15 is 0 Å². The van der Waals surface area contributed by atoms with Crippen molar-refractivity contribution < 1.29 is 28.9 Å². The molecule has 0 amide bonds. The molecule has 2 heterocycles. The number of fused-ring (bicyclic) bond motifs is 3. The summed E-state index contributed by atoms with van der Waals surface area (Å²) < 4.78 is 16.4. The Morgan fingerprint density at radius 1 is 1.35 bits per heavy atom. The summed E-state index contributed by atoms with van der Waals surface area (Å²) in [6.07, 6.45) is 2.76. The molecule has 26 heavy (non-hydrogen) atoms. The minimum atomic E-state index is -1.09. The van der Waals surface area contributed by atoms with E-state index in [-0.39, 0.29) is 24.0 Å². The molecule has 0 radical (unpaired) electrons. The van der Waals surface area contributed by atoms with Crippen molar-refractivity contribution in [2.45, 2.75) is 38.3 Å². The molecule has 0 bridgehead atoms. The molecule has 6 atom stereocenters. The Kier molecular flexibility index (Phi) is 4.12. The summed E-state index contributed by atoms with van der Waals surface area (Å²) in [7, 11) is 0. The normalized spacial score (nSPS) is 38.9. The number of carbonyl (C=O) groups is 2. The van der Waals surface area contributed by atoms with Gasteiger partial charge < -0.3 is 19.3 Å². The summed E-state index contributed by atoms with van der Waals surface area (Å²) in [5.41, 5.74) is 2.79. The highest BCUT2D eigenvalue weighted by molar-refractivity contribution is 5.92. The van der Waals surface area contributed by atoms with Crippen LogP contribution in [0.15, 0.2) is 47.6 Å². The molecule has 0 spiro atoms. The van der Waals surface area contributed by atoms with Crippen molar-refractivity contribution in [1.82, 2.24) is 0 Å². The van der Waals surface area contributed by atoms with E-state index in [4.69, 9.17) is 14.2 Å². The molecular weight excluding hydrogens is 336 g/mol. The van der Waals surface area contributed by atoms with Crippen molar-refractivity contribution in [3.8, 4) is 0 Å². The molecule has 0 aromatic rings. The molecule has 2 aliphatic carbocycles. The van der Waals surface area contributed by atoms with Gasteiger partial charge in [0.25, 0.3) is 0 Å². The Morgan fingerprint density at radius 3 is 2.81 bits per heavy atom. The Hall–Kier alpha value is -2.18. The maximum Gasteiger partial charge on any atom is 0.336 e. The molecule has 0 unspecified atom stereocenters. The SMILES string of the molecule is C=C1C(=O)O[C@@H]2[C@H]3C(C)=CC[C@H]3C(=C)C[C@@H](OC(=O)C3=C[C@H](O)OC3)[C@@H]12. The van der Waals surface area contributed by atoms with Gasteiger partial charge in [-0.3, -0.25) is 0 Å². The lowest BCUT2D eigenvalue weighted by Crippen LogP contribution is -2.36. The molecule has 1 saturated carbocycles. The highest BCUT2D eigenvalue weighted by Gasteiger charge is 2.54. The maximum atomic E-state index is 12.5. The first-order chi connectivity index (χ1) is 12.4. The van der Waals surface area contributed by atoms with E-state index in [0.717, 1.165) is 12.0 Å². The second kappa shape index (κ2) is 6.21. The quantitative estimate of drug-likeness (QED) is 0.461. The largest absolute Gasteiger partial charge is 0.458 e. The minimum Gasteiger partial charge on any atom is -0.458 e. The van der Waals surface area contributed by atoms with Crippen molar-refractivity contribution in [3.05, 3.63) is 47.6 Å². The van der Waals surface area contributed by atoms with E-state index in [9.17, 15) is 14.7 Å². The van der Waals surface area contributed by atoms with Gasteiger partial charge in [0, 0.05) is 17.9 Å². The van der Waals surface area contributed by atoms with Gasteiger partial charge in [-0.15, -0.1) is 0 Å². The zero-order chi connectivity index (χ0) is 18.6. The number of carbonyl (C=O) groups excluding carboxylic acids is 2. The van der Waals surface area contributed by atoms with Crippen LogP contribution in [0.5, 0.6) is 0 Å². The van der Waals surface area contributed by atoms with E-state index in [2.05, 4.69) is 19.2 Å². The van der Waals surface area contributed by atoms with Crippen LogP contribution in [0, 0.1) is 17.8 Å². The first kappa shape index (κ1) is 17.2. The molecule has 6 heteroatoms. The molecular formula is C20H22O6. The fraction of sp³-hybridized carbons (Fsp3) is 0.500. The van der Waals surface area contributed by atoms with Gasteiger partial charge >= 0.3 is 11.9 Å². The van der Waals surface area contributed by atoms with Gasteiger partial charge in [-0.2, -0.15) is 0 Å². The van der Waals surface area contributed by atoms with E-state index < -0.39 is 36.4 Å². The third kappa shape index (κ3) is 2.64. The van der Waals surface area contributed by atoms with E-state index in [1.807, 2.05) is 6.92 Å². The van der Waals surface area contributed by atoms with Gasteiger partial charge in [-0.05, 0) is 25.3 Å². The maximum absolute atomic E-state index is 12.5. The molecule has 0 aromatic carbocycles. The standard InChI is InChI=1S/C20H22O6/c1-9-4-5-13-10(2)6-14(25-20(23)12-7-15(21)24-8-12)17-11(3)19(22)26-18(17)16(9)13/h4,7,13-18,21H,2-3,5-6,8H2,1H3/t13-,14+,15+,16-,17+,18+/m0/s1. The highest BCUT2D eigenvalue weighted by Crippen LogP contribution is 2.51. The van der Waals surface area contributed by atoms with Crippen molar-refractivity contribution in [3.63, 3.8) is 0 Å². The zero-order valence-electron chi connectivity index (χ0n) is 14.6. The third-order valence-electron chi connectivity index (χ3n) is 5.93. The first-order valence-electron chi connectivity index (χ1n) is 8.82. The van der Waals surface area contributed by atoms with Gasteiger partial charge in [-0.25, -0.2) is 9.59 Å². The van der Waals surface area contributed by atoms with Crippen molar-refractivity contribution in [2.24, 2.45) is 17.8 Å². The smallest absolute Gasteiger partial charge is 0.336 e. The summed E-state index contributed by atoms with van der Waals surface area (Å²) in [4.78, 5) is 24.7. The lowest BCUT2D eigenvalue weighted by atomic mass is 9.80. The fourth-order valence-electron chi connectivity index (χ4n) is 4.60. The number of aliphatic hydroxyl groups is 1. The Labute approximate surface area is 151 Å². The van der Waals surface area contributed by atoms with Gasteiger partial charge in [0.1, 0.15) is 12.2 Å². The summed E-state index contributed by atoms with van der Waals surface area (Å²) in [6, 6.07) is 0. The van der Waals surface area contributed by atoms with E-state index in [1.165, 1.54) is 11.6 Å². The van der Waals surface area contributed by atoms with Crippen LogP contribution in [0.1, 0.15) is 19.8 Å². The van der Waals surface area contributed by atoms with Crippen LogP contribution < -0.4 is 0 Å². The summed E-state index contributed by atoms with van der Waals surface area (Å²) in [5.74, 6) is -1.14. The monoisotopic (exact) mass is 358 g/mol. The van der Waals surface area contributed by atoms with Crippen LogP contribution in [0.4, 0.5) is 0 Å². The average molecular weight is 358 g/mol. The van der Waals surface area contributed by atoms with Gasteiger partial charge in [0.05, 0.1) is 18.1 Å². The first-order valence-corrected chi connectivity index (χ1v) is 8.82. The summed E-state index contributed by atoms with van der Waals surface area (Å²) >= 11 is 0. The number of ether oxygens (including phenoxy) is 3. The molecule has 1 N–H and O–H groups in total. The molecule has 2 aliphatic heterocycles. The van der Waals surface area contributed by atoms with Crippen LogP contribution in [0.2, 0.25) is 0 Å². The predicted octanol–water partition coefficient (Wildman–Crippen LogP) is 1.81. The average Bonchev–Trinajstić information content (AvgIpc) is 3.23. The van der Waals surface area contributed by atoms with Crippen LogP contribution in [-0.4, -0.2) is 42.1 Å². The Balaban J connectivity index is 1.64. The van der Waals surface area contributed by atoms with Crippen molar-refractivity contribution >= 4 is 11.9 Å². The third-order valence-corrected chi connectivity index (χ3v) is 5.93. The van der Waals surface area contributed by atoms with Crippen LogP contribution in [0.3, 0.4) is 0 Å². The second-order valence-corrected chi connectivity index (χ2v) is 7.44. The molecule has 1 saturated heterocycles. The number of hydrogen-bond donors (Lipinski definition) is 1. The van der Waals surface area contributed by atoms with E-state index in [1.54, 1.807) is 0 Å². The minimum absolute atomic E-state index is 0.00519. The molecule has 0 aromatic heterocycles. The van der Waals surface area contributed by atoms with Crippen LogP contribution >= 0.6 is 0 Å². The molecule has 4 aliphatic rings. The predicted molar refractivity (Wildman–Crippen MR) is 91.5 cm³/mol. The lowest BCUT2D eigenvalue weighted by Gasteiger charge is -2.28. The topological polar surface area (TPSA) is 82.1 Å². The van der Waals surface area contributed by atoms with Crippen molar-refractivity contribution in [1.29, 1.82) is 0 Å². The van der Waals surface area contributed by atoms with Crippen LogP contribution in [-0.2, 0) is 23.8 Å². The number of rotatable bonds is 2. The molecule has 4 rings (SSSR count). The van der Waals surface area contributed by atoms with Gasteiger partial charge in [0.2, 0.25) is 0 Å². The number of esters is 2. The second-order valence-electron chi connectivity index (χ2n) is 7.44. The van der Waals surface area contributed by atoms with Gasteiger partial charge in [0.15, 0.2) is 6.29 Å². The van der Waals surface area contributed by atoms with E-state index in [0.29, 0.717) is 12.0 Å². The Morgan fingerprint density at radius 2 is 2.12 bits per heavy atom. The zero-order valence-corrected chi connectivity index (χ0v) is 14.6. The molecule has 138 valence electrons. The number of aliphatic hydroxyl groups excluding tert-OH is 1.